The number of pyridine rings is 1. The average molecular weight is 474 g/mol. The molecule has 170 valence electrons. The number of aliphatic hydroxyl groups is 1. The van der Waals surface area contributed by atoms with Crippen LogP contribution in [0.25, 0.3) is 5.76 Å². The molecule has 7 heteroatoms. The summed E-state index contributed by atoms with van der Waals surface area (Å²) in [6.07, 6.45) is 4.75. The molecular weight excluding hydrogens is 453 g/mol. The molecule has 2 aromatic carbocycles. The van der Waals surface area contributed by atoms with E-state index in [9.17, 15) is 15.3 Å². The largest absolute Gasteiger partial charge is 0.507 e. The van der Waals surface area contributed by atoms with E-state index in [0.717, 1.165) is 0 Å². The number of carbonyl (C=O) groups is 1. The van der Waals surface area contributed by atoms with Crippen molar-refractivity contribution in [2.45, 2.75) is 25.2 Å². The molecule has 0 bridgehead atoms. The number of nitrogens with zero attached hydrogens (tertiary/aromatic N) is 2. The van der Waals surface area contributed by atoms with Crippen LogP contribution in [-0.4, -0.2) is 21.7 Å². The number of aliphatic hydroxyl groups excluding tert-OH is 1. The van der Waals surface area contributed by atoms with Gasteiger partial charge in [-0.1, -0.05) is 29.8 Å². The number of hydrogen-bond donors (Lipinski definition) is 2. The molecule has 1 atom stereocenters. The fraction of sp³-hybridized carbons (Fsp3) is 0.148. The average Bonchev–Trinajstić information content (AvgIpc) is 2.84. The molecule has 5 nitrogen and oxygen atoms in total. The molecule has 1 aliphatic heterocycles. The van der Waals surface area contributed by atoms with E-state index < -0.39 is 11.7 Å². The molecule has 5 rings (SSSR count). The van der Waals surface area contributed by atoms with Crippen LogP contribution in [0.3, 0.4) is 0 Å². The van der Waals surface area contributed by atoms with Crippen molar-refractivity contribution < 1.29 is 14.3 Å². The van der Waals surface area contributed by atoms with Crippen LogP contribution < -0.4 is 4.90 Å². The smallest absolute Gasteiger partial charge is 0.161 e. The van der Waals surface area contributed by atoms with Gasteiger partial charge in [-0.05, 0) is 55.3 Å². The Labute approximate surface area is 201 Å². The van der Waals surface area contributed by atoms with Crippen molar-refractivity contribution in [1.29, 1.82) is 5.41 Å². The van der Waals surface area contributed by atoms with Crippen LogP contribution in [0.2, 0.25) is 5.02 Å². The number of ketones is 1. The highest BCUT2D eigenvalue weighted by Gasteiger charge is 2.44. The number of halogens is 2. The number of allylic oxidation sites excluding steroid dienone is 2. The Hall–Kier alpha value is -3.77. The third-order valence-corrected chi connectivity index (χ3v) is 6.50. The highest BCUT2D eigenvalue weighted by Crippen LogP contribution is 2.48. The molecule has 0 saturated carbocycles. The topological polar surface area (TPSA) is 77.3 Å². The van der Waals surface area contributed by atoms with Crippen LogP contribution >= 0.6 is 11.6 Å². The van der Waals surface area contributed by atoms with Gasteiger partial charge in [-0.3, -0.25) is 20.1 Å². The number of aromatic nitrogens is 1. The lowest BCUT2D eigenvalue weighted by Crippen LogP contribution is -2.42. The lowest BCUT2D eigenvalue weighted by atomic mass is 9.73. The van der Waals surface area contributed by atoms with Gasteiger partial charge in [0.1, 0.15) is 17.4 Å². The quantitative estimate of drug-likeness (QED) is 0.429. The van der Waals surface area contributed by atoms with Gasteiger partial charge in [-0.25, -0.2) is 4.39 Å². The molecule has 2 aliphatic rings. The Morgan fingerprint density at radius 1 is 1.09 bits per heavy atom. The van der Waals surface area contributed by atoms with Crippen LogP contribution in [0.1, 0.15) is 36.3 Å². The molecular formula is C27H21ClFN3O2. The van der Waals surface area contributed by atoms with Crippen LogP contribution in [0.4, 0.5) is 10.1 Å². The highest BCUT2D eigenvalue weighted by molar-refractivity contribution is 6.30. The van der Waals surface area contributed by atoms with Crippen LogP contribution in [0.5, 0.6) is 0 Å². The van der Waals surface area contributed by atoms with Gasteiger partial charge in [0, 0.05) is 51.5 Å². The number of rotatable bonds is 3. The fourth-order valence-corrected chi connectivity index (χ4v) is 4.87. The minimum atomic E-state index is -0.917. The number of carbonyl (C=O) groups excluding carboxylic acids is 1. The van der Waals surface area contributed by atoms with Gasteiger partial charge in [0.05, 0.1) is 11.9 Å². The summed E-state index contributed by atoms with van der Waals surface area (Å²) in [4.78, 5) is 19.2. The van der Waals surface area contributed by atoms with E-state index in [1.54, 1.807) is 71.9 Å². The van der Waals surface area contributed by atoms with Gasteiger partial charge < -0.3 is 5.11 Å². The molecule has 2 heterocycles. The predicted molar refractivity (Wildman–Crippen MR) is 130 cm³/mol. The van der Waals surface area contributed by atoms with E-state index in [-0.39, 0.29) is 28.5 Å². The summed E-state index contributed by atoms with van der Waals surface area (Å²) in [5.41, 5.74) is 2.48. The molecule has 3 aromatic rings. The molecule has 1 aromatic heterocycles. The third kappa shape index (κ3) is 3.70. The minimum Gasteiger partial charge on any atom is -0.507 e. The second kappa shape index (κ2) is 8.88. The zero-order valence-electron chi connectivity index (χ0n) is 18.1. The Kier molecular flexibility index (Phi) is 5.75. The fourth-order valence-electron chi connectivity index (χ4n) is 4.75. The van der Waals surface area contributed by atoms with E-state index in [1.807, 2.05) is 0 Å². The second-order valence-electron chi connectivity index (χ2n) is 8.26. The highest BCUT2D eigenvalue weighted by atomic mass is 35.5. The number of hydrogen-bond acceptors (Lipinski definition) is 4. The van der Waals surface area contributed by atoms with Crippen molar-refractivity contribution in [2.24, 2.45) is 0 Å². The molecule has 0 fully saturated rings. The minimum absolute atomic E-state index is 0.0258. The van der Waals surface area contributed by atoms with Crippen molar-refractivity contribution in [2.75, 3.05) is 4.90 Å². The Morgan fingerprint density at radius 3 is 2.56 bits per heavy atom. The SMILES string of the molecule is N=C1/C(=C(/O)c2ccc(Cl)cc2)C(c2ccccc2F)C2=C(CCCC2=O)N1c1cccnc1. The van der Waals surface area contributed by atoms with Crippen molar-refractivity contribution in [1.82, 2.24) is 4.98 Å². The monoisotopic (exact) mass is 473 g/mol. The molecule has 0 radical (unpaired) electrons. The van der Waals surface area contributed by atoms with E-state index in [4.69, 9.17) is 11.6 Å². The Balaban J connectivity index is 1.84. The zero-order valence-corrected chi connectivity index (χ0v) is 18.9. The van der Waals surface area contributed by atoms with Crippen molar-refractivity contribution in [3.05, 3.63) is 112 Å². The molecule has 0 saturated heterocycles. The first-order chi connectivity index (χ1) is 16.5. The van der Waals surface area contributed by atoms with E-state index in [2.05, 4.69) is 4.98 Å². The first-order valence-electron chi connectivity index (χ1n) is 11.0. The van der Waals surface area contributed by atoms with Gasteiger partial charge in [-0.2, -0.15) is 0 Å². The Bertz CT molecular complexity index is 1350. The van der Waals surface area contributed by atoms with E-state index in [0.29, 0.717) is 46.8 Å². The molecule has 34 heavy (non-hydrogen) atoms. The predicted octanol–water partition coefficient (Wildman–Crippen LogP) is 6.43. The van der Waals surface area contributed by atoms with E-state index in [1.165, 1.54) is 6.07 Å². The number of benzene rings is 2. The second-order valence-corrected chi connectivity index (χ2v) is 8.69. The molecule has 0 amide bonds. The summed E-state index contributed by atoms with van der Waals surface area (Å²) < 4.78 is 15.1. The number of anilines is 1. The maximum Gasteiger partial charge on any atom is 0.161 e. The summed E-state index contributed by atoms with van der Waals surface area (Å²) in [7, 11) is 0. The maximum absolute atomic E-state index is 15.1. The zero-order chi connectivity index (χ0) is 23.8. The van der Waals surface area contributed by atoms with Crippen molar-refractivity contribution in [3.63, 3.8) is 0 Å². The van der Waals surface area contributed by atoms with Gasteiger partial charge in [-0.15, -0.1) is 0 Å². The summed E-state index contributed by atoms with van der Waals surface area (Å²) in [6.45, 7) is 0. The summed E-state index contributed by atoms with van der Waals surface area (Å²) >= 11 is 6.03. The van der Waals surface area contributed by atoms with E-state index >= 15 is 4.39 Å². The third-order valence-electron chi connectivity index (χ3n) is 6.25. The van der Waals surface area contributed by atoms with Gasteiger partial charge in [0.15, 0.2) is 5.78 Å². The normalized spacial score (nSPS) is 19.8. The van der Waals surface area contributed by atoms with Gasteiger partial charge in [0.25, 0.3) is 0 Å². The molecule has 1 aliphatic carbocycles. The molecule has 1 unspecified atom stereocenters. The van der Waals surface area contributed by atoms with Gasteiger partial charge in [0.2, 0.25) is 0 Å². The lowest BCUT2D eigenvalue weighted by Gasteiger charge is -2.41. The Morgan fingerprint density at radius 2 is 1.85 bits per heavy atom. The van der Waals surface area contributed by atoms with Gasteiger partial charge >= 0.3 is 0 Å². The maximum atomic E-state index is 15.1. The summed E-state index contributed by atoms with van der Waals surface area (Å²) in [5.74, 6) is -1.75. The van der Waals surface area contributed by atoms with Crippen molar-refractivity contribution in [3.8, 4) is 0 Å². The first kappa shape index (κ1) is 22.0. The van der Waals surface area contributed by atoms with Crippen LogP contribution in [-0.2, 0) is 4.79 Å². The lowest BCUT2D eigenvalue weighted by molar-refractivity contribution is -0.116. The first-order valence-corrected chi connectivity index (χ1v) is 11.3. The molecule has 2 N–H and O–H groups in total. The summed E-state index contributed by atoms with van der Waals surface area (Å²) in [5, 5.41) is 21.2. The number of amidine groups is 1. The van der Waals surface area contributed by atoms with Crippen LogP contribution in [0.15, 0.2) is 89.9 Å². The van der Waals surface area contributed by atoms with Crippen LogP contribution in [0, 0.1) is 11.2 Å². The van der Waals surface area contributed by atoms with Crippen molar-refractivity contribution >= 4 is 34.7 Å². The molecule has 0 spiro atoms. The summed E-state index contributed by atoms with van der Waals surface area (Å²) in [6, 6.07) is 16.3. The standard InChI is InChI=1S/C27H21ClFN3O2/c28-17-12-10-16(11-13-17)26(34)25-23(19-6-1-2-7-20(19)29)24-21(8-3-9-22(24)33)32(27(25)30)18-5-4-14-31-15-18/h1-2,4-7,10-15,23,30,34H,3,8-9H2/b26-25+,30-27?. The number of nitrogens with one attached hydrogen (secondary N) is 1. The number of Topliss-reactive ketones (excluding diaryl/α,β-unsaturated/α-hetero) is 1.